The van der Waals surface area contributed by atoms with Crippen LogP contribution < -0.4 is 10.6 Å². The molecule has 1 aliphatic heterocycles. The van der Waals surface area contributed by atoms with Crippen molar-refractivity contribution in [2.75, 3.05) is 6.54 Å². The number of hydrogen-bond acceptors (Lipinski definition) is 3. The highest BCUT2D eigenvalue weighted by Gasteiger charge is 2.35. The Bertz CT molecular complexity index is 386. The van der Waals surface area contributed by atoms with E-state index in [9.17, 15) is 0 Å². The van der Waals surface area contributed by atoms with E-state index in [-0.39, 0.29) is 0 Å². The number of rotatable bonds is 4. The van der Waals surface area contributed by atoms with Gasteiger partial charge < -0.3 is 10.6 Å². The molecule has 2 heterocycles. The molecule has 1 aromatic rings. The quantitative estimate of drug-likeness (QED) is 0.873. The Balaban J connectivity index is 1.62. The van der Waals surface area contributed by atoms with Crippen molar-refractivity contribution < 1.29 is 0 Å². The van der Waals surface area contributed by atoms with Gasteiger partial charge in [-0.2, -0.15) is 0 Å². The lowest BCUT2D eigenvalue weighted by Gasteiger charge is -2.29. The van der Waals surface area contributed by atoms with Gasteiger partial charge in [-0.15, -0.1) is 0 Å². The summed E-state index contributed by atoms with van der Waals surface area (Å²) in [6.07, 6.45) is 10.6. The molecule has 2 fully saturated rings. The molecule has 0 radical (unpaired) electrons. The van der Waals surface area contributed by atoms with Crippen molar-refractivity contribution in [2.24, 2.45) is 5.92 Å². The van der Waals surface area contributed by atoms with Crippen LogP contribution in [0.4, 0.5) is 0 Å². The van der Waals surface area contributed by atoms with Crippen LogP contribution in [0, 0.1) is 5.92 Å². The molecule has 1 saturated carbocycles. The van der Waals surface area contributed by atoms with Gasteiger partial charge in [-0.05, 0) is 56.7 Å². The van der Waals surface area contributed by atoms with Gasteiger partial charge in [0.05, 0.1) is 0 Å². The molecule has 1 saturated heterocycles. The van der Waals surface area contributed by atoms with Gasteiger partial charge in [-0.3, -0.25) is 4.98 Å². The minimum atomic E-state index is 0.403. The Labute approximate surface area is 116 Å². The Morgan fingerprint density at radius 3 is 3.00 bits per heavy atom. The summed E-state index contributed by atoms with van der Waals surface area (Å²) in [6.45, 7) is 3.47. The second kappa shape index (κ2) is 6.02. The molecule has 0 spiro atoms. The van der Waals surface area contributed by atoms with Crippen LogP contribution in [0.2, 0.25) is 0 Å². The van der Waals surface area contributed by atoms with Crippen molar-refractivity contribution in [2.45, 2.75) is 57.2 Å². The van der Waals surface area contributed by atoms with Gasteiger partial charge in [0.1, 0.15) is 0 Å². The molecule has 3 heteroatoms. The zero-order chi connectivity index (χ0) is 13.1. The lowest BCUT2D eigenvalue weighted by molar-refractivity contribution is 0.303. The Hall–Kier alpha value is -0.930. The SMILES string of the molecule is C[C@H](NC1CCCC1C1CCCN1)c1cccnc1. The summed E-state index contributed by atoms with van der Waals surface area (Å²) < 4.78 is 0. The second-order valence-corrected chi connectivity index (χ2v) is 6.08. The average Bonchev–Trinajstić information content (AvgIpc) is 3.10. The van der Waals surface area contributed by atoms with Crippen LogP contribution in [0.25, 0.3) is 0 Å². The fourth-order valence-electron chi connectivity index (χ4n) is 3.80. The number of nitrogens with one attached hydrogen (secondary N) is 2. The monoisotopic (exact) mass is 259 g/mol. The largest absolute Gasteiger partial charge is 0.314 e. The van der Waals surface area contributed by atoms with Crippen LogP contribution in [-0.2, 0) is 0 Å². The van der Waals surface area contributed by atoms with Gasteiger partial charge in [0.25, 0.3) is 0 Å². The fraction of sp³-hybridized carbons (Fsp3) is 0.688. The Morgan fingerprint density at radius 2 is 2.26 bits per heavy atom. The Kier molecular flexibility index (Phi) is 4.14. The zero-order valence-electron chi connectivity index (χ0n) is 11.8. The molecule has 2 aliphatic rings. The van der Waals surface area contributed by atoms with Gasteiger partial charge in [0, 0.05) is 30.5 Å². The van der Waals surface area contributed by atoms with Gasteiger partial charge in [0.2, 0.25) is 0 Å². The molecule has 3 unspecified atom stereocenters. The lowest BCUT2D eigenvalue weighted by atomic mass is 9.92. The molecule has 3 nitrogen and oxygen atoms in total. The highest BCUT2D eigenvalue weighted by atomic mass is 15.0. The maximum Gasteiger partial charge on any atom is 0.0315 e. The first-order valence-corrected chi connectivity index (χ1v) is 7.74. The van der Waals surface area contributed by atoms with Gasteiger partial charge >= 0.3 is 0 Å². The van der Waals surface area contributed by atoms with Crippen LogP contribution in [0.15, 0.2) is 24.5 Å². The predicted octanol–water partition coefficient (Wildman–Crippen LogP) is 2.65. The number of aromatic nitrogens is 1. The maximum absolute atomic E-state index is 4.22. The van der Waals surface area contributed by atoms with E-state index < -0.39 is 0 Å². The minimum Gasteiger partial charge on any atom is -0.314 e. The van der Waals surface area contributed by atoms with E-state index in [0.717, 1.165) is 12.0 Å². The van der Waals surface area contributed by atoms with E-state index >= 15 is 0 Å². The van der Waals surface area contributed by atoms with Gasteiger partial charge in [0.15, 0.2) is 0 Å². The summed E-state index contributed by atoms with van der Waals surface area (Å²) in [5.74, 6) is 0.821. The maximum atomic E-state index is 4.22. The molecule has 0 aromatic carbocycles. The van der Waals surface area contributed by atoms with Crippen molar-refractivity contribution >= 4 is 0 Å². The first-order valence-electron chi connectivity index (χ1n) is 7.74. The lowest BCUT2D eigenvalue weighted by Crippen LogP contribution is -2.42. The fourth-order valence-corrected chi connectivity index (χ4v) is 3.80. The van der Waals surface area contributed by atoms with Crippen LogP contribution in [0.5, 0.6) is 0 Å². The smallest absolute Gasteiger partial charge is 0.0315 e. The van der Waals surface area contributed by atoms with Crippen LogP contribution in [0.1, 0.15) is 50.6 Å². The molecule has 19 heavy (non-hydrogen) atoms. The van der Waals surface area contributed by atoms with E-state index in [4.69, 9.17) is 0 Å². The highest BCUT2D eigenvalue weighted by Crippen LogP contribution is 2.33. The third-order valence-electron chi connectivity index (χ3n) is 4.83. The van der Waals surface area contributed by atoms with Crippen molar-refractivity contribution in [3.8, 4) is 0 Å². The molecule has 0 bridgehead atoms. The second-order valence-electron chi connectivity index (χ2n) is 6.08. The first-order chi connectivity index (χ1) is 9.34. The van der Waals surface area contributed by atoms with E-state index in [1.165, 1.54) is 44.2 Å². The minimum absolute atomic E-state index is 0.403. The van der Waals surface area contributed by atoms with Crippen LogP contribution in [-0.4, -0.2) is 23.6 Å². The summed E-state index contributed by atoms with van der Waals surface area (Å²) in [4.78, 5) is 4.22. The standard InChI is InChI=1S/C16H25N3/c1-12(13-5-3-9-17-11-13)19-16-7-2-6-14(16)15-8-4-10-18-15/h3,5,9,11-12,14-16,18-19H,2,4,6-8,10H2,1H3/t12-,14?,15?,16?/m0/s1. The summed E-state index contributed by atoms with van der Waals surface area (Å²) in [5.41, 5.74) is 1.30. The molecule has 3 rings (SSSR count). The predicted molar refractivity (Wildman–Crippen MR) is 77.9 cm³/mol. The molecular weight excluding hydrogens is 234 g/mol. The molecule has 2 N–H and O–H groups in total. The summed E-state index contributed by atoms with van der Waals surface area (Å²) in [6, 6.07) is 6.02. The highest BCUT2D eigenvalue weighted by molar-refractivity contribution is 5.13. The first kappa shape index (κ1) is 13.1. The average molecular weight is 259 g/mol. The molecule has 104 valence electrons. The zero-order valence-corrected chi connectivity index (χ0v) is 11.8. The van der Waals surface area contributed by atoms with Crippen molar-refractivity contribution in [1.82, 2.24) is 15.6 Å². The number of nitrogens with zero attached hydrogens (tertiary/aromatic N) is 1. The van der Waals surface area contributed by atoms with E-state index in [1.54, 1.807) is 0 Å². The number of pyridine rings is 1. The van der Waals surface area contributed by atoms with Gasteiger partial charge in [-0.25, -0.2) is 0 Å². The third-order valence-corrected chi connectivity index (χ3v) is 4.83. The van der Waals surface area contributed by atoms with E-state index in [1.807, 2.05) is 18.5 Å². The molecule has 1 aliphatic carbocycles. The molecule has 4 atom stereocenters. The summed E-state index contributed by atoms with van der Waals surface area (Å²) in [5, 5.41) is 7.53. The van der Waals surface area contributed by atoms with Crippen LogP contribution in [0.3, 0.4) is 0 Å². The molecule has 0 amide bonds. The molecule has 1 aromatic heterocycles. The van der Waals surface area contributed by atoms with E-state index in [2.05, 4.69) is 28.6 Å². The van der Waals surface area contributed by atoms with Crippen molar-refractivity contribution in [3.63, 3.8) is 0 Å². The topological polar surface area (TPSA) is 37.0 Å². The van der Waals surface area contributed by atoms with E-state index in [0.29, 0.717) is 12.1 Å². The van der Waals surface area contributed by atoms with Crippen molar-refractivity contribution in [3.05, 3.63) is 30.1 Å². The van der Waals surface area contributed by atoms with Crippen molar-refractivity contribution in [1.29, 1.82) is 0 Å². The summed E-state index contributed by atoms with van der Waals surface area (Å²) in [7, 11) is 0. The third kappa shape index (κ3) is 2.98. The summed E-state index contributed by atoms with van der Waals surface area (Å²) >= 11 is 0. The Morgan fingerprint density at radius 1 is 1.32 bits per heavy atom. The van der Waals surface area contributed by atoms with Gasteiger partial charge in [-0.1, -0.05) is 12.5 Å². The molecular formula is C16H25N3. The van der Waals surface area contributed by atoms with Crippen LogP contribution >= 0.6 is 0 Å². The number of hydrogen-bond donors (Lipinski definition) is 2. The normalized spacial score (nSPS) is 32.6.